The maximum atomic E-state index is 5.74. The third-order valence-corrected chi connectivity index (χ3v) is 2.81. The molecule has 0 radical (unpaired) electrons. The molecule has 14 heavy (non-hydrogen) atoms. The first-order valence-electron chi connectivity index (χ1n) is 4.75. The first-order valence-corrected chi connectivity index (χ1v) is 5.54. The van der Waals surface area contributed by atoms with Gasteiger partial charge in [0.1, 0.15) is 6.10 Å². The van der Waals surface area contributed by atoms with Crippen molar-refractivity contribution in [1.29, 1.82) is 0 Å². The molecule has 1 aromatic heterocycles. The minimum atomic E-state index is 0.265. The summed E-state index contributed by atoms with van der Waals surface area (Å²) in [5.74, 6) is 0.698. The van der Waals surface area contributed by atoms with E-state index < -0.39 is 0 Å². The van der Waals surface area contributed by atoms with Crippen molar-refractivity contribution in [2.24, 2.45) is 0 Å². The number of aryl methyl sites for hydroxylation is 1. The van der Waals surface area contributed by atoms with Crippen molar-refractivity contribution in [3.63, 3.8) is 0 Å². The van der Waals surface area contributed by atoms with Crippen LogP contribution in [0.5, 0.6) is 5.88 Å². The molecule has 76 valence electrons. The minimum Gasteiger partial charge on any atom is -0.472 e. The Morgan fingerprint density at radius 3 is 3.14 bits per heavy atom. The fourth-order valence-corrected chi connectivity index (χ4v) is 2.05. The Labute approximate surface area is 92.0 Å². The lowest BCUT2D eigenvalue weighted by atomic mass is 10.3. The van der Waals surface area contributed by atoms with Gasteiger partial charge in [0.2, 0.25) is 5.88 Å². The third-order valence-electron chi connectivity index (χ3n) is 2.24. The van der Waals surface area contributed by atoms with E-state index >= 15 is 0 Å². The Morgan fingerprint density at radius 2 is 2.50 bits per heavy atom. The van der Waals surface area contributed by atoms with Gasteiger partial charge in [-0.1, -0.05) is 0 Å². The number of rotatable bonds is 2. The molecule has 1 aromatic rings. The highest BCUT2D eigenvalue weighted by Gasteiger charge is 2.17. The third kappa shape index (κ3) is 2.25. The molecule has 2 heterocycles. The van der Waals surface area contributed by atoms with Crippen molar-refractivity contribution < 1.29 is 4.74 Å². The summed E-state index contributed by atoms with van der Waals surface area (Å²) in [4.78, 5) is 4.24. The summed E-state index contributed by atoms with van der Waals surface area (Å²) in [6, 6.07) is 2.02. The fourth-order valence-electron chi connectivity index (χ4n) is 1.49. The summed E-state index contributed by atoms with van der Waals surface area (Å²) < 4.78 is 6.68. The van der Waals surface area contributed by atoms with E-state index in [0.717, 1.165) is 29.5 Å². The Morgan fingerprint density at radius 1 is 1.64 bits per heavy atom. The van der Waals surface area contributed by atoms with E-state index in [4.69, 9.17) is 4.74 Å². The minimum absolute atomic E-state index is 0.265. The van der Waals surface area contributed by atoms with Crippen LogP contribution in [-0.2, 0) is 0 Å². The molecular formula is C10H13BrN2O. The smallest absolute Gasteiger partial charge is 0.228 e. The molecule has 1 aliphatic heterocycles. The Hall–Kier alpha value is -0.610. The van der Waals surface area contributed by atoms with Gasteiger partial charge in [-0.05, 0) is 47.4 Å². The number of aromatic nitrogens is 1. The van der Waals surface area contributed by atoms with E-state index in [2.05, 4.69) is 26.2 Å². The molecule has 0 spiro atoms. The SMILES string of the molecule is Cc1cnc(OC2CCNC2)c(Br)c1. The lowest BCUT2D eigenvalue weighted by Crippen LogP contribution is -2.20. The maximum absolute atomic E-state index is 5.74. The van der Waals surface area contributed by atoms with Crippen LogP contribution in [0.15, 0.2) is 16.7 Å². The molecule has 1 saturated heterocycles. The Kier molecular flexibility index (Phi) is 3.03. The summed E-state index contributed by atoms with van der Waals surface area (Å²) in [6.07, 6.45) is 3.14. The monoisotopic (exact) mass is 256 g/mol. The second kappa shape index (κ2) is 4.28. The zero-order chi connectivity index (χ0) is 9.97. The molecule has 2 rings (SSSR count). The largest absolute Gasteiger partial charge is 0.472 e. The van der Waals surface area contributed by atoms with Gasteiger partial charge in [-0.2, -0.15) is 0 Å². The standard InChI is InChI=1S/C10H13BrN2O/c1-7-4-9(11)10(13-5-7)14-8-2-3-12-6-8/h4-5,8,12H,2-3,6H2,1H3. The predicted molar refractivity (Wildman–Crippen MR) is 58.6 cm³/mol. The predicted octanol–water partition coefficient (Wildman–Crippen LogP) is 1.89. The number of nitrogens with one attached hydrogen (secondary N) is 1. The molecule has 1 atom stereocenters. The zero-order valence-electron chi connectivity index (χ0n) is 8.09. The topological polar surface area (TPSA) is 34.1 Å². The van der Waals surface area contributed by atoms with Gasteiger partial charge in [-0.15, -0.1) is 0 Å². The number of ether oxygens (including phenoxy) is 1. The van der Waals surface area contributed by atoms with Crippen molar-refractivity contribution in [3.05, 3.63) is 22.3 Å². The summed E-state index contributed by atoms with van der Waals surface area (Å²) in [5, 5.41) is 3.26. The zero-order valence-corrected chi connectivity index (χ0v) is 9.67. The summed E-state index contributed by atoms with van der Waals surface area (Å²) in [5.41, 5.74) is 1.13. The van der Waals surface area contributed by atoms with Gasteiger partial charge in [0.15, 0.2) is 0 Å². The molecule has 0 aliphatic carbocycles. The van der Waals surface area contributed by atoms with Gasteiger partial charge in [-0.25, -0.2) is 4.98 Å². The number of pyridine rings is 1. The molecule has 0 saturated carbocycles. The van der Waals surface area contributed by atoms with Crippen molar-refractivity contribution in [3.8, 4) is 5.88 Å². The highest BCUT2D eigenvalue weighted by molar-refractivity contribution is 9.10. The van der Waals surface area contributed by atoms with Crippen molar-refractivity contribution in [1.82, 2.24) is 10.3 Å². The van der Waals surface area contributed by atoms with E-state index in [1.165, 1.54) is 0 Å². The first kappa shape index (κ1) is 9.93. The summed E-state index contributed by atoms with van der Waals surface area (Å²) >= 11 is 3.45. The molecular weight excluding hydrogens is 244 g/mol. The molecule has 4 heteroatoms. The van der Waals surface area contributed by atoms with E-state index in [1.54, 1.807) is 0 Å². The average Bonchev–Trinajstić information content (AvgIpc) is 2.62. The Balaban J connectivity index is 2.08. The molecule has 1 unspecified atom stereocenters. The second-order valence-electron chi connectivity index (χ2n) is 3.53. The van der Waals surface area contributed by atoms with Crippen LogP contribution in [0.2, 0.25) is 0 Å². The van der Waals surface area contributed by atoms with Crippen LogP contribution in [0.3, 0.4) is 0 Å². The quantitative estimate of drug-likeness (QED) is 0.878. The van der Waals surface area contributed by atoms with Gasteiger partial charge < -0.3 is 10.1 Å². The van der Waals surface area contributed by atoms with Crippen LogP contribution < -0.4 is 10.1 Å². The van der Waals surface area contributed by atoms with E-state index in [9.17, 15) is 0 Å². The molecule has 0 bridgehead atoms. The normalized spacial score (nSPS) is 21.1. The van der Waals surface area contributed by atoms with Crippen LogP contribution in [0, 0.1) is 6.92 Å². The van der Waals surface area contributed by atoms with Gasteiger partial charge in [-0.3, -0.25) is 0 Å². The molecule has 3 nitrogen and oxygen atoms in total. The molecule has 1 fully saturated rings. The average molecular weight is 257 g/mol. The Bertz CT molecular complexity index is 324. The first-order chi connectivity index (χ1) is 6.75. The summed E-state index contributed by atoms with van der Waals surface area (Å²) in [7, 11) is 0. The second-order valence-corrected chi connectivity index (χ2v) is 4.39. The van der Waals surface area contributed by atoms with Gasteiger partial charge in [0.05, 0.1) is 4.47 Å². The van der Waals surface area contributed by atoms with Crippen LogP contribution in [0.1, 0.15) is 12.0 Å². The van der Waals surface area contributed by atoms with Crippen LogP contribution in [0.25, 0.3) is 0 Å². The number of nitrogens with zero attached hydrogens (tertiary/aromatic N) is 1. The maximum Gasteiger partial charge on any atom is 0.228 e. The highest BCUT2D eigenvalue weighted by Crippen LogP contribution is 2.24. The fraction of sp³-hybridized carbons (Fsp3) is 0.500. The molecule has 0 aromatic carbocycles. The van der Waals surface area contributed by atoms with E-state index in [-0.39, 0.29) is 6.10 Å². The molecule has 1 N–H and O–H groups in total. The molecule has 1 aliphatic rings. The van der Waals surface area contributed by atoms with Crippen LogP contribution >= 0.6 is 15.9 Å². The van der Waals surface area contributed by atoms with Crippen molar-refractivity contribution in [2.75, 3.05) is 13.1 Å². The number of halogens is 1. The lowest BCUT2D eigenvalue weighted by Gasteiger charge is -2.12. The highest BCUT2D eigenvalue weighted by atomic mass is 79.9. The van der Waals surface area contributed by atoms with E-state index in [0.29, 0.717) is 5.88 Å². The van der Waals surface area contributed by atoms with Gasteiger partial charge in [0.25, 0.3) is 0 Å². The number of hydrogen-bond acceptors (Lipinski definition) is 3. The van der Waals surface area contributed by atoms with E-state index in [1.807, 2.05) is 19.2 Å². The number of hydrogen-bond donors (Lipinski definition) is 1. The summed E-state index contributed by atoms with van der Waals surface area (Å²) in [6.45, 7) is 3.97. The molecule has 0 amide bonds. The van der Waals surface area contributed by atoms with Gasteiger partial charge in [0, 0.05) is 12.7 Å². The van der Waals surface area contributed by atoms with Gasteiger partial charge >= 0.3 is 0 Å². The van der Waals surface area contributed by atoms with Crippen molar-refractivity contribution in [2.45, 2.75) is 19.4 Å². The van der Waals surface area contributed by atoms with Crippen LogP contribution in [-0.4, -0.2) is 24.2 Å². The lowest BCUT2D eigenvalue weighted by molar-refractivity contribution is 0.212. The van der Waals surface area contributed by atoms with Crippen molar-refractivity contribution >= 4 is 15.9 Å². The van der Waals surface area contributed by atoms with Crippen LogP contribution in [0.4, 0.5) is 0 Å².